The van der Waals surface area contributed by atoms with Gasteiger partial charge in [0.25, 0.3) is 0 Å². The minimum atomic E-state index is -3.65. The van der Waals surface area contributed by atoms with Crippen LogP contribution in [0.2, 0.25) is 10.0 Å². The zero-order valence-electron chi connectivity index (χ0n) is 14.4. The van der Waals surface area contributed by atoms with Crippen LogP contribution in [-0.4, -0.2) is 13.4 Å². The van der Waals surface area contributed by atoms with E-state index >= 15 is 0 Å². The van der Waals surface area contributed by atoms with Crippen molar-refractivity contribution in [1.29, 1.82) is 0 Å². The Bertz CT molecular complexity index is 1090. The lowest BCUT2D eigenvalue weighted by Crippen LogP contribution is -2.25. The highest BCUT2D eigenvalue weighted by atomic mass is 35.5. The Hall–Kier alpha value is -2.19. The first-order chi connectivity index (χ1) is 13.3. The zero-order chi connectivity index (χ0) is 20.1. The molecule has 146 valence electrons. The Kier molecular flexibility index (Phi) is 6.51. The molecule has 0 aliphatic carbocycles. The maximum atomic E-state index is 13.3. The molecule has 0 fully saturated rings. The topological polar surface area (TPSA) is 68.3 Å². The molecule has 0 radical (unpaired) electrons. The number of hydrogen-bond acceptors (Lipinski definition) is 4. The van der Waals surface area contributed by atoms with E-state index < -0.39 is 15.8 Å². The van der Waals surface area contributed by atoms with Gasteiger partial charge in [-0.1, -0.05) is 41.4 Å². The van der Waals surface area contributed by atoms with E-state index in [1.807, 2.05) is 0 Å². The van der Waals surface area contributed by atoms with Crippen LogP contribution in [0, 0.1) is 5.82 Å². The van der Waals surface area contributed by atoms with Gasteiger partial charge in [0.2, 0.25) is 15.9 Å². The van der Waals surface area contributed by atoms with Crippen LogP contribution in [0.5, 0.6) is 11.6 Å². The highest BCUT2D eigenvalue weighted by Gasteiger charge is 2.15. The molecule has 0 bridgehead atoms. The van der Waals surface area contributed by atoms with Gasteiger partial charge in [0.15, 0.2) is 0 Å². The van der Waals surface area contributed by atoms with E-state index in [1.54, 1.807) is 30.3 Å². The molecule has 0 amide bonds. The summed E-state index contributed by atoms with van der Waals surface area (Å²) < 4.78 is 46.2. The zero-order valence-corrected chi connectivity index (χ0v) is 16.7. The summed E-state index contributed by atoms with van der Waals surface area (Å²) in [5, 5.41) is 0.637. The molecule has 28 heavy (non-hydrogen) atoms. The Balaban J connectivity index is 1.70. The molecule has 1 N–H and O–H groups in total. The quantitative estimate of drug-likeness (QED) is 0.564. The summed E-state index contributed by atoms with van der Waals surface area (Å²) in [5.41, 5.74) is 1.01. The summed E-state index contributed by atoms with van der Waals surface area (Å²) >= 11 is 11.8. The number of hydrogen-bond donors (Lipinski definition) is 1. The van der Waals surface area contributed by atoms with Crippen molar-refractivity contribution < 1.29 is 17.5 Å². The van der Waals surface area contributed by atoms with Crippen LogP contribution in [-0.2, 0) is 22.3 Å². The molecule has 0 saturated heterocycles. The summed E-state index contributed by atoms with van der Waals surface area (Å²) in [6, 6.07) is 13.6. The highest BCUT2D eigenvalue weighted by molar-refractivity contribution is 7.88. The van der Waals surface area contributed by atoms with Gasteiger partial charge in [0.1, 0.15) is 11.6 Å². The SMILES string of the molecule is O=S(=O)(Cc1ccc(Cl)c(Cl)c1)NCc1cccnc1Oc1cccc(F)c1. The first kappa shape index (κ1) is 20.5. The van der Waals surface area contributed by atoms with Gasteiger partial charge < -0.3 is 4.74 Å². The summed E-state index contributed by atoms with van der Waals surface area (Å²) in [4.78, 5) is 4.10. The molecule has 5 nitrogen and oxygen atoms in total. The third-order valence-corrected chi connectivity index (χ3v) is 5.72. The lowest BCUT2D eigenvalue weighted by Gasteiger charge is -2.11. The molecule has 0 aliphatic heterocycles. The number of nitrogens with zero attached hydrogens (tertiary/aromatic N) is 1. The predicted molar refractivity (Wildman–Crippen MR) is 107 cm³/mol. The smallest absolute Gasteiger partial charge is 0.223 e. The van der Waals surface area contributed by atoms with Crippen molar-refractivity contribution in [1.82, 2.24) is 9.71 Å². The second kappa shape index (κ2) is 8.87. The summed E-state index contributed by atoms with van der Waals surface area (Å²) in [6.07, 6.45) is 1.50. The number of benzene rings is 2. The fourth-order valence-electron chi connectivity index (χ4n) is 2.38. The average molecular weight is 441 g/mol. The minimum Gasteiger partial charge on any atom is -0.439 e. The minimum absolute atomic E-state index is 0.0395. The van der Waals surface area contributed by atoms with Crippen molar-refractivity contribution in [2.75, 3.05) is 0 Å². The second-order valence-electron chi connectivity index (χ2n) is 5.86. The molecule has 0 aliphatic rings. The lowest BCUT2D eigenvalue weighted by atomic mass is 10.2. The Labute approximate surface area is 172 Å². The van der Waals surface area contributed by atoms with Gasteiger partial charge in [-0.2, -0.15) is 0 Å². The van der Waals surface area contributed by atoms with Gasteiger partial charge in [-0.05, 0) is 35.9 Å². The molecule has 9 heteroatoms. The maximum Gasteiger partial charge on any atom is 0.223 e. The van der Waals surface area contributed by atoms with Crippen molar-refractivity contribution in [3.05, 3.63) is 87.8 Å². The van der Waals surface area contributed by atoms with Crippen LogP contribution in [0.25, 0.3) is 0 Å². The van der Waals surface area contributed by atoms with Crippen LogP contribution < -0.4 is 9.46 Å². The van der Waals surface area contributed by atoms with E-state index in [-0.39, 0.29) is 28.9 Å². The van der Waals surface area contributed by atoms with E-state index in [0.29, 0.717) is 16.1 Å². The fourth-order valence-corrected chi connectivity index (χ4v) is 3.80. The van der Waals surface area contributed by atoms with E-state index in [0.717, 1.165) is 0 Å². The van der Waals surface area contributed by atoms with E-state index in [1.165, 1.54) is 30.5 Å². The van der Waals surface area contributed by atoms with Crippen LogP contribution in [0.4, 0.5) is 4.39 Å². The number of ether oxygens (including phenoxy) is 1. The van der Waals surface area contributed by atoms with Gasteiger partial charge in [0.05, 0.1) is 15.8 Å². The third kappa shape index (κ3) is 5.65. The Morgan fingerprint density at radius 3 is 2.61 bits per heavy atom. The number of nitrogens with one attached hydrogen (secondary N) is 1. The first-order valence-corrected chi connectivity index (χ1v) is 10.5. The molecule has 0 spiro atoms. The number of aromatic nitrogens is 1. The first-order valence-electron chi connectivity index (χ1n) is 8.11. The van der Waals surface area contributed by atoms with E-state index in [4.69, 9.17) is 27.9 Å². The molecule has 0 saturated carbocycles. The van der Waals surface area contributed by atoms with Crippen LogP contribution >= 0.6 is 23.2 Å². The van der Waals surface area contributed by atoms with E-state index in [9.17, 15) is 12.8 Å². The molecule has 0 atom stereocenters. The van der Waals surface area contributed by atoms with Crippen molar-refractivity contribution in [2.45, 2.75) is 12.3 Å². The number of pyridine rings is 1. The molecule has 2 aromatic carbocycles. The summed E-state index contributed by atoms with van der Waals surface area (Å²) in [5.74, 6) is -0.259. The molecule has 3 aromatic rings. The molecule has 3 rings (SSSR count). The van der Waals surface area contributed by atoms with Gasteiger partial charge >= 0.3 is 0 Å². The van der Waals surface area contributed by atoms with Crippen LogP contribution in [0.3, 0.4) is 0 Å². The number of rotatable bonds is 7. The molecule has 1 aromatic heterocycles. The highest BCUT2D eigenvalue weighted by Crippen LogP contribution is 2.25. The third-order valence-electron chi connectivity index (χ3n) is 3.68. The largest absolute Gasteiger partial charge is 0.439 e. The molecular formula is C19H15Cl2FN2O3S. The fraction of sp³-hybridized carbons (Fsp3) is 0.105. The van der Waals surface area contributed by atoms with E-state index in [2.05, 4.69) is 9.71 Å². The number of sulfonamides is 1. The van der Waals surface area contributed by atoms with Gasteiger partial charge in [-0.3, -0.25) is 0 Å². The molecule has 1 heterocycles. The monoisotopic (exact) mass is 440 g/mol. The average Bonchev–Trinajstić information content (AvgIpc) is 2.64. The van der Waals surface area contributed by atoms with Crippen molar-refractivity contribution >= 4 is 33.2 Å². The van der Waals surface area contributed by atoms with Gasteiger partial charge in [-0.25, -0.2) is 22.5 Å². The van der Waals surface area contributed by atoms with Crippen LogP contribution in [0.15, 0.2) is 60.8 Å². The second-order valence-corrected chi connectivity index (χ2v) is 8.48. The summed E-state index contributed by atoms with van der Waals surface area (Å²) in [6.45, 7) is -0.0395. The molecule has 0 unspecified atom stereocenters. The lowest BCUT2D eigenvalue weighted by molar-refractivity contribution is 0.451. The Morgan fingerprint density at radius 2 is 1.86 bits per heavy atom. The van der Waals surface area contributed by atoms with Gasteiger partial charge in [0, 0.05) is 24.4 Å². The maximum absolute atomic E-state index is 13.3. The van der Waals surface area contributed by atoms with Crippen molar-refractivity contribution in [2.24, 2.45) is 0 Å². The van der Waals surface area contributed by atoms with Crippen molar-refractivity contribution in [3.63, 3.8) is 0 Å². The number of halogens is 3. The van der Waals surface area contributed by atoms with Crippen molar-refractivity contribution in [3.8, 4) is 11.6 Å². The Morgan fingerprint density at radius 1 is 1.04 bits per heavy atom. The summed E-state index contributed by atoms with van der Waals surface area (Å²) in [7, 11) is -3.65. The standard InChI is InChI=1S/C19H15Cl2FN2O3S/c20-17-7-6-13(9-18(17)21)12-28(25,26)24-11-14-3-2-8-23-19(14)27-16-5-1-4-15(22)10-16/h1-10,24H,11-12H2. The molecular weight excluding hydrogens is 426 g/mol. The normalized spacial score (nSPS) is 11.4. The van der Waals surface area contributed by atoms with Crippen LogP contribution in [0.1, 0.15) is 11.1 Å². The predicted octanol–water partition coefficient (Wildman–Crippen LogP) is 4.94. The van der Waals surface area contributed by atoms with Gasteiger partial charge in [-0.15, -0.1) is 0 Å².